The molecular formula is C28H33FN5O4+. The SMILES string of the molecule is CC1(C(=CC(=[NH2+])c2ccc(F)cc2)c2ncc3n2C2(C)CN(C(=O)C4(O)CCOCC4)CCN2C3=O)CC1. The summed E-state index contributed by atoms with van der Waals surface area (Å²) in [7, 11) is 0. The Morgan fingerprint density at radius 3 is 2.47 bits per heavy atom. The lowest BCUT2D eigenvalue weighted by atomic mass is 9.91. The number of ether oxygens (including phenoxy) is 1. The van der Waals surface area contributed by atoms with Crippen molar-refractivity contribution in [2.45, 2.75) is 50.8 Å². The van der Waals surface area contributed by atoms with E-state index in [4.69, 9.17) is 15.1 Å². The third-order valence-corrected chi connectivity index (χ3v) is 8.75. The van der Waals surface area contributed by atoms with Gasteiger partial charge in [-0.1, -0.05) is 6.92 Å². The van der Waals surface area contributed by atoms with Crippen molar-refractivity contribution >= 4 is 23.1 Å². The zero-order valence-electron chi connectivity index (χ0n) is 21.7. The highest BCUT2D eigenvalue weighted by Gasteiger charge is 2.55. The van der Waals surface area contributed by atoms with Gasteiger partial charge < -0.3 is 19.6 Å². The zero-order chi connectivity index (χ0) is 26.9. The Balaban J connectivity index is 1.38. The van der Waals surface area contributed by atoms with Crippen molar-refractivity contribution < 1.29 is 29.2 Å². The number of halogens is 1. The number of imidazole rings is 1. The van der Waals surface area contributed by atoms with Gasteiger partial charge in [-0.25, -0.2) is 9.37 Å². The van der Waals surface area contributed by atoms with E-state index in [0.29, 0.717) is 49.1 Å². The first-order chi connectivity index (χ1) is 18.1. The van der Waals surface area contributed by atoms with Gasteiger partial charge in [-0.15, -0.1) is 0 Å². The van der Waals surface area contributed by atoms with E-state index in [1.165, 1.54) is 12.1 Å². The van der Waals surface area contributed by atoms with E-state index < -0.39 is 11.3 Å². The van der Waals surface area contributed by atoms with Gasteiger partial charge in [0.2, 0.25) is 5.71 Å². The first kappa shape index (κ1) is 24.9. The summed E-state index contributed by atoms with van der Waals surface area (Å²) in [4.78, 5) is 35.1. The maximum atomic E-state index is 13.5. The molecule has 38 heavy (non-hydrogen) atoms. The second-order valence-corrected chi connectivity index (χ2v) is 11.4. The molecule has 1 aromatic carbocycles. The van der Waals surface area contributed by atoms with Gasteiger partial charge in [-0.05, 0) is 49.4 Å². The number of nitrogens with two attached hydrogens (primary N) is 1. The second kappa shape index (κ2) is 8.57. The number of carbonyl (C=O) groups excluding carboxylic acids is 2. The quantitative estimate of drug-likeness (QED) is 0.568. The highest BCUT2D eigenvalue weighted by Crippen LogP contribution is 2.56. The van der Waals surface area contributed by atoms with Crippen LogP contribution in [0.2, 0.25) is 0 Å². The van der Waals surface area contributed by atoms with Gasteiger partial charge in [-0.2, -0.15) is 0 Å². The number of aliphatic hydroxyl groups is 1. The summed E-state index contributed by atoms with van der Waals surface area (Å²) < 4.78 is 20.8. The van der Waals surface area contributed by atoms with Gasteiger partial charge >= 0.3 is 0 Å². The number of allylic oxidation sites excluding steroid dienone is 2. The summed E-state index contributed by atoms with van der Waals surface area (Å²) in [5.74, 6) is -0.135. The number of nitrogens with zero attached hydrogens (tertiary/aromatic N) is 4. The number of hydrogen-bond donors (Lipinski definition) is 2. The Labute approximate surface area is 220 Å². The average Bonchev–Trinajstić information content (AvgIpc) is 3.41. The number of piperazine rings is 1. The molecule has 2 saturated heterocycles. The molecule has 3 N–H and O–H groups in total. The predicted molar refractivity (Wildman–Crippen MR) is 136 cm³/mol. The number of benzene rings is 1. The minimum atomic E-state index is -1.45. The van der Waals surface area contributed by atoms with Crippen molar-refractivity contribution in [1.29, 1.82) is 0 Å². The Morgan fingerprint density at radius 1 is 1.13 bits per heavy atom. The first-order valence-corrected chi connectivity index (χ1v) is 13.2. The highest BCUT2D eigenvalue weighted by molar-refractivity contribution is 6.09. The summed E-state index contributed by atoms with van der Waals surface area (Å²) in [5, 5.41) is 17.6. The minimum absolute atomic E-state index is 0.126. The molecule has 3 aliphatic heterocycles. The van der Waals surface area contributed by atoms with E-state index in [1.54, 1.807) is 28.1 Å². The molecule has 1 saturated carbocycles. The van der Waals surface area contributed by atoms with Crippen LogP contribution in [0.5, 0.6) is 0 Å². The summed E-state index contributed by atoms with van der Waals surface area (Å²) in [6.45, 7) is 5.71. The molecule has 2 amide bonds. The van der Waals surface area contributed by atoms with Crippen molar-refractivity contribution in [1.82, 2.24) is 19.4 Å². The molecule has 0 spiro atoms. The van der Waals surface area contributed by atoms with Crippen molar-refractivity contribution in [2.24, 2.45) is 5.41 Å². The van der Waals surface area contributed by atoms with E-state index >= 15 is 0 Å². The van der Waals surface area contributed by atoms with Crippen molar-refractivity contribution in [3.63, 3.8) is 0 Å². The fourth-order valence-corrected chi connectivity index (χ4v) is 6.06. The molecule has 9 nitrogen and oxygen atoms in total. The zero-order valence-corrected chi connectivity index (χ0v) is 21.7. The first-order valence-electron chi connectivity index (χ1n) is 13.2. The maximum absolute atomic E-state index is 13.5. The molecule has 0 radical (unpaired) electrons. The molecular weight excluding hydrogens is 489 g/mol. The fourth-order valence-electron chi connectivity index (χ4n) is 6.06. The molecule has 2 aromatic rings. The second-order valence-electron chi connectivity index (χ2n) is 11.4. The molecule has 1 aromatic heterocycles. The highest BCUT2D eigenvalue weighted by atomic mass is 19.1. The Kier molecular flexibility index (Phi) is 5.63. The molecule has 0 bridgehead atoms. The van der Waals surface area contributed by atoms with Gasteiger partial charge in [-0.3, -0.25) is 19.6 Å². The van der Waals surface area contributed by atoms with Crippen LogP contribution in [0.3, 0.4) is 0 Å². The van der Waals surface area contributed by atoms with Gasteiger partial charge in [0, 0.05) is 56.4 Å². The molecule has 10 heteroatoms. The Hall–Kier alpha value is -3.37. The van der Waals surface area contributed by atoms with Crippen LogP contribution >= 0.6 is 0 Å². The number of hydrogen-bond acceptors (Lipinski definition) is 5. The molecule has 6 rings (SSSR count). The van der Waals surface area contributed by atoms with Crippen LogP contribution in [0, 0.1) is 11.2 Å². The molecule has 1 aliphatic carbocycles. The third-order valence-electron chi connectivity index (χ3n) is 8.75. The van der Waals surface area contributed by atoms with Crippen LogP contribution in [-0.2, 0) is 15.2 Å². The normalized spacial score (nSPS) is 25.7. The van der Waals surface area contributed by atoms with Gasteiger partial charge in [0.1, 0.15) is 28.6 Å². The Morgan fingerprint density at radius 2 is 1.82 bits per heavy atom. The number of amides is 2. The fraction of sp³-hybridized carbons (Fsp3) is 0.500. The molecule has 200 valence electrons. The molecule has 4 heterocycles. The minimum Gasteiger partial charge on any atom is -0.381 e. The van der Waals surface area contributed by atoms with Crippen LogP contribution in [0.4, 0.5) is 4.39 Å². The van der Waals surface area contributed by atoms with Crippen LogP contribution in [-0.4, -0.2) is 80.4 Å². The average molecular weight is 523 g/mol. The lowest BCUT2D eigenvalue weighted by molar-refractivity contribution is -0.166. The van der Waals surface area contributed by atoms with E-state index in [2.05, 4.69) is 6.92 Å². The van der Waals surface area contributed by atoms with Gasteiger partial charge in [0.05, 0.1) is 12.7 Å². The summed E-state index contributed by atoms with van der Waals surface area (Å²) in [6.07, 6.45) is 5.91. The van der Waals surface area contributed by atoms with E-state index in [1.807, 2.05) is 17.6 Å². The Bertz CT molecular complexity index is 1360. The van der Waals surface area contributed by atoms with Gasteiger partial charge in [0.25, 0.3) is 11.8 Å². The van der Waals surface area contributed by atoms with Crippen molar-refractivity contribution in [2.75, 3.05) is 32.8 Å². The number of rotatable bonds is 5. The lowest BCUT2D eigenvalue weighted by Crippen LogP contribution is -2.64. The number of fused-ring (bicyclic) bond motifs is 3. The monoisotopic (exact) mass is 522 g/mol. The predicted octanol–water partition coefficient (Wildman–Crippen LogP) is 0.966. The molecule has 3 fully saturated rings. The summed E-state index contributed by atoms with van der Waals surface area (Å²) in [5.41, 5.74) is 0.0721. The lowest BCUT2D eigenvalue weighted by Gasteiger charge is -2.47. The van der Waals surface area contributed by atoms with Crippen molar-refractivity contribution in [3.05, 3.63) is 59.4 Å². The summed E-state index contributed by atoms with van der Waals surface area (Å²) in [6, 6.07) is 6.03. The number of aromatic nitrogens is 2. The van der Waals surface area contributed by atoms with Crippen LogP contribution < -0.4 is 5.41 Å². The summed E-state index contributed by atoms with van der Waals surface area (Å²) >= 11 is 0. The van der Waals surface area contributed by atoms with Gasteiger partial charge in [0.15, 0.2) is 0 Å². The van der Waals surface area contributed by atoms with E-state index in [9.17, 15) is 19.1 Å². The molecule has 1 atom stereocenters. The maximum Gasteiger partial charge on any atom is 0.274 e. The number of carbonyl (C=O) groups is 2. The van der Waals surface area contributed by atoms with E-state index in [-0.39, 0.29) is 42.4 Å². The third kappa shape index (κ3) is 3.80. The van der Waals surface area contributed by atoms with Crippen molar-refractivity contribution in [3.8, 4) is 0 Å². The topological polar surface area (TPSA) is 113 Å². The van der Waals surface area contributed by atoms with E-state index in [0.717, 1.165) is 18.4 Å². The standard InChI is InChI=1S/C28H32FN5O4/c1-26(7-8-26)20(15-21(30)18-3-5-19(29)6-4-18)23-31-16-22-24(35)33-12-11-32(17-27(33,2)34(22)23)25(36)28(37)9-13-38-14-10-28/h3-6,15-16,30,37H,7-14,17H2,1-2H3/p+1. The largest absolute Gasteiger partial charge is 0.381 e. The molecule has 4 aliphatic rings. The molecule has 1 unspecified atom stereocenters. The smallest absolute Gasteiger partial charge is 0.274 e. The van der Waals surface area contributed by atoms with Crippen LogP contribution in [0.1, 0.15) is 61.4 Å². The van der Waals surface area contributed by atoms with Crippen LogP contribution in [0.25, 0.3) is 5.57 Å². The van der Waals surface area contributed by atoms with Crippen LogP contribution in [0.15, 0.2) is 36.5 Å².